The number of hydrogen-bond donors (Lipinski definition) is 1. The van der Waals surface area contributed by atoms with Gasteiger partial charge in [-0.05, 0) is 25.9 Å². The van der Waals surface area contributed by atoms with Crippen molar-refractivity contribution in [1.29, 1.82) is 0 Å². The Morgan fingerprint density at radius 1 is 1.13 bits per heavy atom. The molecule has 2 fully saturated rings. The van der Waals surface area contributed by atoms with E-state index in [-0.39, 0.29) is 11.9 Å². The van der Waals surface area contributed by atoms with Gasteiger partial charge in [0.15, 0.2) is 0 Å². The Balaban J connectivity index is 1.90. The Morgan fingerprint density at radius 3 is 2.53 bits per heavy atom. The highest BCUT2D eigenvalue weighted by Crippen LogP contribution is 2.11. The van der Waals surface area contributed by atoms with Crippen molar-refractivity contribution in [2.24, 2.45) is 0 Å². The van der Waals surface area contributed by atoms with Crippen LogP contribution in [-0.2, 0) is 4.79 Å². The van der Waals surface area contributed by atoms with Crippen LogP contribution in [0.5, 0.6) is 0 Å². The SMILES string of the molecule is O=C1CCNC(=O)N1CN1CCCCC1. The molecule has 1 N–H and O–H groups in total. The second kappa shape index (κ2) is 4.61. The Morgan fingerprint density at radius 2 is 1.87 bits per heavy atom. The van der Waals surface area contributed by atoms with Gasteiger partial charge >= 0.3 is 6.03 Å². The summed E-state index contributed by atoms with van der Waals surface area (Å²) in [6.07, 6.45) is 4.03. The molecule has 0 saturated carbocycles. The monoisotopic (exact) mass is 211 g/mol. The molecule has 0 aromatic rings. The van der Waals surface area contributed by atoms with Crippen molar-refractivity contribution in [2.75, 3.05) is 26.3 Å². The van der Waals surface area contributed by atoms with Crippen molar-refractivity contribution in [2.45, 2.75) is 25.7 Å². The average molecular weight is 211 g/mol. The van der Waals surface area contributed by atoms with E-state index >= 15 is 0 Å². The Labute approximate surface area is 89.4 Å². The molecule has 2 rings (SSSR count). The summed E-state index contributed by atoms with van der Waals surface area (Å²) in [5, 5.41) is 2.69. The van der Waals surface area contributed by atoms with Gasteiger partial charge in [0.1, 0.15) is 0 Å². The van der Waals surface area contributed by atoms with Gasteiger partial charge in [-0.2, -0.15) is 0 Å². The van der Waals surface area contributed by atoms with Gasteiger partial charge in [0.25, 0.3) is 0 Å². The van der Waals surface area contributed by atoms with Crippen LogP contribution in [0.25, 0.3) is 0 Å². The van der Waals surface area contributed by atoms with Crippen LogP contribution >= 0.6 is 0 Å². The molecule has 0 aliphatic carbocycles. The highest BCUT2D eigenvalue weighted by Gasteiger charge is 2.27. The van der Waals surface area contributed by atoms with Crippen LogP contribution in [0.2, 0.25) is 0 Å². The summed E-state index contributed by atoms with van der Waals surface area (Å²) in [5.41, 5.74) is 0. The fourth-order valence-electron chi connectivity index (χ4n) is 2.06. The lowest BCUT2D eigenvalue weighted by Crippen LogP contribution is -2.54. The zero-order valence-electron chi connectivity index (χ0n) is 8.87. The van der Waals surface area contributed by atoms with Gasteiger partial charge < -0.3 is 5.32 Å². The largest absolute Gasteiger partial charge is 0.337 e. The number of imide groups is 1. The third kappa shape index (κ3) is 2.47. The van der Waals surface area contributed by atoms with Crippen molar-refractivity contribution < 1.29 is 9.59 Å². The molecule has 0 spiro atoms. The van der Waals surface area contributed by atoms with Crippen LogP contribution in [0.3, 0.4) is 0 Å². The minimum absolute atomic E-state index is 0.0516. The van der Waals surface area contributed by atoms with Crippen LogP contribution in [0, 0.1) is 0 Å². The van der Waals surface area contributed by atoms with Gasteiger partial charge in [0.05, 0.1) is 6.67 Å². The lowest BCUT2D eigenvalue weighted by molar-refractivity contribution is -0.131. The summed E-state index contributed by atoms with van der Waals surface area (Å²) >= 11 is 0. The molecule has 2 aliphatic rings. The first-order valence-electron chi connectivity index (χ1n) is 5.58. The molecule has 0 radical (unpaired) electrons. The summed E-state index contributed by atoms with van der Waals surface area (Å²) < 4.78 is 0. The fourth-order valence-corrected chi connectivity index (χ4v) is 2.06. The lowest BCUT2D eigenvalue weighted by atomic mass is 10.1. The van der Waals surface area contributed by atoms with Crippen LogP contribution in [-0.4, -0.2) is 48.0 Å². The van der Waals surface area contributed by atoms with E-state index in [0.717, 1.165) is 13.1 Å². The second-order valence-electron chi connectivity index (χ2n) is 4.12. The van der Waals surface area contributed by atoms with Gasteiger partial charge in [-0.15, -0.1) is 0 Å². The van der Waals surface area contributed by atoms with E-state index in [1.54, 1.807) is 0 Å². The molecular formula is C10H17N3O2. The molecule has 0 aromatic heterocycles. The molecule has 0 unspecified atom stereocenters. The zero-order chi connectivity index (χ0) is 10.7. The number of nitrogens with one attached hydrogen (secondary N) is 1. The van der Waals surface area contributed by atoms with E-state index in [2.05, 4.69) is 10.2 Å². The molecule has 5 heteroatoms. The molecule has 0 bridgehead atoms. The van der Waals surface area contributed by atoms with Crippen molar-refractivity contribution in [3.8, 4) is 0 Å². The molecule has 15 heavy (non-hydrogen) atoms. The Kier molecular flexibility index (Phi) is 3.20. The molecule has 2 aliphatic heterocycles. The van der Waals surface area contributed by atoms with Crippen molar-refractivity contribution in [1.82, 2.24) is 15.1 Å². The molecule has 2 heterocycles. The Hall–Kier alpha value is -1.10. The van der Waals surface area contributed by atoms with E-state index in [9.17, 15) is 9.59 Å². The summed E-state index contributed by atoms with van der Waals surface area (Å²) in [6.45, 7) is 2.94. The summed E-state index contributed by atoms with van der Waals surface area (Å²) in [4.78, 5) is 26.5. The highest BCUT2D eigenvalue weighted by molar-refractivity contribution is 5.96. The summed E-state index contributed by atoms with van der Waals surface area (Å²) in [7, 11) is 0. The maximum Gasteiger partial charge on any atom is 0.325 e. The van der Waals surface area contributed by atoms with E-state index in [1.165, 1.54) is 24.2 Å². The van der Waals surface area contributed by atoms with Crippen molar-refractivity contribution in [3.63, 3.8) is 0 Å². The van der Waals surface area contributed by atoms with E-state index in [0.29, 0.717) is 19.6 Å². The number of rotatable bonds is 2. The van der Waals surface area contributed by atoms with Crippen LogP contribution in [0.15, 0.2) is 0 Å². The van der Waals surface area contributed by atoms with E-state index in [1.807, 2.05) is 0 Å². The first kappa shape index (κ1) is 10.4. The van der Waals surface area contributed by atoms with Crippen molar-refractivity contribution >= 4 is 11.9 Å². The predicted molar refractivity (Wildman–Crippen MR) is 55.2 cm³/mol. The maximum atomic E-state index is 11.5. The number of piperidine rings is 1. The van der Waals surface area contributed by atoms with Gasteiger partial charge in [0.2, 0.25) is 5.91 Å². The summed E-state index contributed by atoms with van der Waals surface area (Å²) in [5.74, 6) is -0.0516. The molecular weight excluding hydrogens is 194 g/mol. The fraction of sp³-hybridized carbons (Fsp3) is 0.800. The highest BCUT2D eigenvalue weighted by atomic mass is 16.2. The molecule has 84 valence electrons. The number of carbonyl (C=O) groups is 2. The van der Waals surface area contributed by atoms with Gasteiger partial charge in [0, 0.05) is 13.0 Å². The first-order valence-corrected chi connectivity index (χ1v) is 5.58. The number of likely N-dealkylation sites (tertiary alicyclic amines) is 1. The second-order valence-corrected chi connectivity index (χ2v) is 4.12. The maximum absolute atomic E-state index is 11.5. The predicted octanol–water partition coefficient (Wildman–Crippen LogP) is 0.372. The van der Waals surface area contributed by atoms with Crippen LogP contribution in [0.1, 0.15) is 25.7 Å². The van der Waals surface area contributed by atoms with Crippen LogP contribution in [0.4, 0.5) is 4.79 Å². The molecule has 2 saturated heterocycles. The first-order chi connectivity index (χ1) is 7.27. The normalized spacial score (nSPS) is 24.1. The number of nitrogens with zero attached hydrogens (tertiary/aromatic N) is 2. The smallest absolute Gasteiger partial charge is 0.325 e. The molecule has 0 atom stereocenters. The number of hydrogen-bond acceptors (Lipinski definition) is 3. The number of urea groups is 1. The standard InChI is InChI=1S/C10H17N3O2/c14-9-4-5-11-10(15)13(9)8-12-6-2-1-3-7-12/h1-8H2,(H,11,15). The number of carbonyl (C=O) groups excluding carboxylic acids is 2. The van der Waals surface area contributed by atoms with Crippen LogP contribution < -0.4 is 5.32 Å². The summed E-state index contributed by atoms with van der Waals surface area (Å²) in [6, 6.07) is -0.239. The zero-order valence-corrected chi connectivity index (χ0v) is 8.87. The lowest BCUT2D eigenvalue weighted by Gasteiger charge is -2.33. The molecule has 3 amide bonds. The van der Waals surface area contributed by atoms with Gasteiger partial charge in [-0.25, -0.2) is 4.79 Å². The van der Waals surface area contributed by atoms with E-state index < -0.39 is 0 Å². The minimum atomic E-state index is -0.239. The van der Waals surface area contributed by atoms with Gasteiger partial charge in [-0.3, -0.25) is 14.6 Å². The number of amides is 3. The van der Waals surface area contributed by atoms with Crippen molar-refractivity contribution in [3.05, 3.63) is 0 Å². The Bertz CT molecular complexity index is 245. The topological polar surface area (TPSA) is 52.7 Å². The third-order valence-corrected chi connectivity index (χ3v) is 2.95. The molecule has 5 nitrogen and oxygen atoms in total. The third-order valence-electron chi connectivity index (χ3n) is 2.95. The quantitative estimate of drug-likeness (QED) is 0.718. The molecule has 0 aromatic carbocycles. The van der Waals surface area contributed by atoms with E-state index in [4.69, 9.17) is 0 Å². The average Bonchev–Trinajstić information content (AvgIpc) is 2.25. The minimum Gasteiger partial charge on any atom is -0.337 e. The van der Waals surface area contributed by atoms with Gasteiger partial charge in [-0.1, -0.05) is 6.42 Å².